The van der Waals surface area contributed by atoms with Crippen LogP contribution in [0.25, 0.3) is 0 Å². The molecule has 1 atom stereocenters. The Morgan fingerprint density at radius 3 is 2.73 bits per heavy atom. The number of hydrogen-bond acceptors (Lipinski definition) is 5. The lowest BCUT2D eigenvalue weighted by molar-refractivity contribution is 0.379. The lowest BCUT2D eigenvalue weighted by Crippen LogP contribution is -2.46. The summed E-state index contributed by atoms with van der Waals surface area (Å²) in [5.74, 6) is 3.98. The van der Waals surface area contributed by atoms with Crippen LogP contribution in [0.15, 0.2) is 59.9 Å². The van der Waals surface area contributed by atoms with E-state index in [2.05, 4.69) is 25.7 Å². The maximum atomic E-state index is 5.93. The largest absolute Gasteiger partial charge is 0.493 e. The summed E-state index contributed by atoms with van der Waals surface area (Å²) in [4.78, 5) is 8.61. The molecule has 0 spiro atoms. The summed E-state index contributed by atoms with van der Waals surface area (Å²) in [6.45, 7) is 1.46. The molecule has 30 heavy (non-hydrogen) atoms. The van der Waals surface area contributed by atoms with Crippen LogP contribution in [0.4, 0.5) is 0 Å². The molecular weight excluding hydrogens is 380 g/mol. The maximum Gasteiger partial charge on any atom is 0.191 e. The third-order valence-corrected chi connectivity index (χ3v) is 5.05. The van der Waals surface area contributed by atoms with Crippen LogP contribution in [0, 0.1) is 0 Å². The molecule has 0 saturated carbocycles. The fourth-order valence-corrected chi connectivity index (χ4v) is 3.43. The molecule has 2 N–H and O–H groups in total. The minimum absolute atomic E-state index is 0.280. The van der Waals surface area contributed by atoms with Crippen molar-refractivity contribution in [2.75, 3.05) is 14.2 Å². The number of ether oxygens (including phenoxy) is 2. The molecule has 1 aliphatic heterocycles. The first-order valence-corrected chi connectivity index (χ1v) is 9.99. The highest BCUT2D eigenvalue weighted by atomic mass is 16.5. The van der Waals surface area contributed by atoms with Crippen molar-refractivity contribution in [3.63, 3.8) is 0 Å². The summed E-state index contributed by atoms with van der Waals surface area (Å²) in [6.07, 6.45) is 3.54. The molecule has 2 aromatic carbocycles. The third-order valence-electron chi connectivity index (χ3n) is 5.05. The van der Waals surface area contributed by atoms with Gasteiger partial charge in [0.25, 0.3) is 0 Å². The van der Waals surface area contributed by atoms with E-state index >= 15 is 0 Å². The summed E-state index contributed by atoms with van der Waals surface area (Å²) < 4.78 is 13.2. The van der Waals surface area contributed by atoms with Crippen LogP contribution < -0.4 is 20.1 Å². The minimum Gasteiger partial charge on any atom is -0.493 e. The van der Waals surface area contributed by atoms with Crippen LogP contribution in [-0.4, -0.2) is 40.9 Å². The molecular formula is C22H26N6O2. The number of guanidine groups is 1. The Hall–Kier alpha value is -3.55. The van der Waals surface area contributed by atoms with Crippen molar-refractivity contribution in [2.24, 2.45) is 4.99 Å². The van der Waals surface area contributed by atoms with E-state index < -0.39 is 0 Å². The zero-order valence-corrected chi connectivity index (χ0v) is 17.2. The lowest BCUT2D eigenvalue weighted by Gasteiger charge is -2.25. The molecule has 1 aliphatic rings. The molecule has 0 bridgehead atoms. The van der Waals surface area contributed by atoms with Crippen molar-refractivity contribution in [3.05, 3.63) is 66.2 Å². The molecule has 0 radical (unpaired) electrons. The highest BCUT2D eigenvalue weighted by molar-refractivity contribution is 5.79. The van der Waals surface area contributed by atoms with E-state index in [0.29, 0.717) is 18.0 Å². The van der Waals surface area contributed by atoms with Gasteiger partial charge < -0.3 is 20.1 Å². The first-order chi connectivity index (χ1) is 14.7. The number of nitrogens with zero attached hydrogens (tertiary/aromatic N) is 4. The fraction of sp³-hybridized carbons (Fsp3) is 0.318. The number of methoxy groups -OCH3 is 1. The molecule has 0 saturated heterocycles. The monoisotopic (exact) mass is 406 g/mol. The van der Waals surface area contributed by atoms with Gasteiger partial charge in [0, 0.05) is 26.1 Å². The van der Waals surface area contributed by atoms with Gasteiger partial charge in [0.15, 0.2) is 17.5 Å². The summed E-state index contributed by atoms with van der Waals surface area (Å²) in [7, 11) is 3.42. The molecule has 8 nitrogen and oxygen atoms in total. The molecule has 1 unspecified atom stereocenters. The van der Waals surface area contributed by atoms with Gasteiger partial charge in [-0.2, -0.15) is 5.10 Å². The number of fused-ring (bicyclic) bond motifs is 1. The van der Waals surface area contributed by atoms with E-state index in [0.717, 1.165) is 42.5 Å². The second-order valence-electron chi connectivity index (χ2n) is 7.06. The van der Waals surface area contributed by atoms with Gasteiger partial charge >= 0.3 is 0 Å². The number of rotatable bonds is 6. The summed E-state index contributed by atoms with van der Waals surface area (Å²) in [5.41, 5.74) is 1.13. The van der Waals surface area contributed by atoms with Crippen LogP contribution in [0.1, 0.15) is 17.8 Å². The molecule has 4 rings (SSSR count). The molecule has 2 heterocycles. The Kier molecular flexibility index (Phi) is 6.12. The summed E-state index contributed by atoms with van der Waals surface area (Å²) in [5, 5.41) is 11.1. The SMILES string of the molecule is CN=C(NCc1ccc(Oc2ccccc2OC)cc1)NC1CCc2ncnn2C1. The number of aliphatic imine (C=N–C) groups is 1. The molecule has 0 amide bonds. The van der Waals surface area contributed by atoms with E-state index in [-0.39, 0.29) is 6.04 Å². The minimum atomic E-state index is 0.280. The first-order valence-electron chi connectivity index (χ1n) is 9.99. The van der Waals surface area contributed by atoms with Crippen LogP contribution in [-0.2, 0) is 19.5 Å². The van der Waals surface area contributed by atoms with E-state index in [1.54, 1.807) is 20.5 Å². The van der Waals surface area contributed by atoms with Gasteiger partial charge in [0.2, 0.25) is 0 Å². The Balaban J connectivity index is 1.30. The van der Waals surface area contributed by atoms with E-state index in [4.69, 9.17) is 9.47 Å². The first kappa shape index (κ1) is 19.8. The topological polar surface area (TPSA) is 85.6 Å². The van der Waals surface area contributed by atoms with Gasteiger partial charge in [0.1, 0.15) is 17.9 Å². The van der Waals surface area contributed by atoms with Gasteiger partial charge in [-0.25, -0.2) is 9.67 Å². The maximum absolute atomic E-state index is 5.93. The Morgan fingerprint density at radius 1 is 1.17 bits per heavy atom. The Morgan fingerprint density at radius 2 is 1.97 bits per heavy atom. The smallest absolute Gasteiger partial charge is 0.191 e. The molecule has 0 aliphatic carbocycles. The van der Waals surface area contributed by atoms with Crippen LogP contribution >= 0.6 is 0 Å². The zero-order valence-electron chi connectivity index (χ0n) is 17.2. The van der Waals surface area contributed by atoms with E-state index in [1.807, 2.05) is 53.2 Å². The quantitative estimate of drug-likeness (QED) is 0.484. The van der Waals surface area contributed by atoms with Crippen molar-refractivity contribution in [1.82, 2.24) is 25.4 Å². The zero-order chi connectivity index (χ0) is 20.8. The van der Waals surface area contributed by atoms with Gasteiger partial charge in [-0.3, -0.25) is 4.99 Å². The Labute approximate surface area is 176 Å². The third kappa shape index (κ3) is 4.71. The summed E-state index contributed by atoms with van der Waals surface area (Å²) >= 11 is 0. The second-order valence-corrected chi connectivity index (χ2v) is 7.06. The number of aryl methyl sites for hydroxylation is 1. The van der Waals surface area contributed by atoms with Crippen molar-refractivity contribution < 1.29 is 9.47 Å². The van der Waals surface area contributed by atoms with Crippen molar-refractivity contribution in [2.45, 2.75) is 32.0 Å². The number of benzene rings is 2. The summed E-state index contributed by atoms with van der Waals surface area (Å²) in [6, 6.07) is 15.9. The van der Waals surface area contributed by atoms with Gasteiger partial charge in [0.05, 0.1) is 13.7 Å². The average Bonchev–Trinajstić information content (AvgIpc) is 3.26. The average molecular weight is 406 g/mol. The van der Waals surface area contributed by atoms with Gasteiger partial charge in [-0.05, 0) is 36.2 Å². The highest BCUT2D eigenvalue weighted by Gasteiger charge is 2.20. The second kappa shape index (κ2) is 9.30. The van der Waals surface area contributed by atoms with Crippen LogP contribution in [0.3, 0.4) is 0 Å². The Bertz CT molecular complexity index is 999. The van der Waals surface area contributed by atoms with E-state index in [9.17, 15) is 0 Å². The molecule has 3 aromatic rings. The molecule has 0 fully saturated rings. The van der Waals surface area contributed by atoms with E-state index in [1.165, 1.54) is 0 Å². The predicted molar refractivity (Wildman–Crippen MR) is 115 cm³/mol. The van der Waals surface area contributed by atoms with Crippen LogP contribution in [0.5, 0.6) is 17.2 Å². The van der Waals surface area contributed by atoms with Crippen molar-refractivity contribution in [1.29, 1.82) is 0 Å². The van der Waals surface area contributed by atoms with Crippen molar-refractivity contribution >= 4 is 5.96 Å². The van der Waals surface area contributed by atoms with Gasteiger partial charge in [-0.15, -0.1) is 0 Å². The van der Waals surface area contributed by atoms with Crippen molar-refractivity contribution in [3.8, 4) is 17.2 Å². The normalized spacial score (nSPS) is 15.9. The highest BCUT2D eigenvalue weighted by Crippen LogP contribution is 2.30. The standard InChI is InChI=1S/C22H26N6O2/c1-23-22(27-17-9-12-21-25-15-26-28(21)14-17)24-13-16-7-10-18(11-8-16)30-20-6-4-3-5-19(20)29-2/h3-8,10-11,15,17H,9,12-14H2,1-2H3,(H2,23,24,27). The number of para-hydroxylation sites is 2. The number of aromatic nitrogens is 3. The number of nitrogens with one attached hydrogen (secondary N) is 2. The fourth-order valence-electron chi connectivity index (χ4n) is 3.43. The molecule has 8 heteroatoms. The number of hydrogen-bond donors (Lipinski definition) is 2. The predicted octanol–water partition coefficient (Wildman–Crippen LogP) is 2.76. The van der Waals surface area contributed by atoms with Gasteiger partial charge in [-0.1, -0.05) is 24.3 Å². The molecule has 156 valence electrons. The lowest BCUT2D eigenvalue weighted by atomic mass is 10.1. The van der Waals surface area contributed by atoms with Crippen LogP contribution in [0.2, 0.25) is 0 Å². The molecule has 1 aromatic heterocycles.